The second-order valence-corrected chi connectivity index (χ2v) is 4.96. The SMILES string of the molecule is CCCCCNC(=O)c1c(N)c([N+](=O)[O-])nc2ccccc12. The lowest BCUT2D eigenvalue weighted by Crippen LogP contribution is -2.26. The fourth-order valence-electron chi connectivity index (χ4n) is 2.26. The summed E-state index contributed by atoms with van der Waals surface area (Å²) in [6.07, 6.45) is 2.90. The topological polar surface area (TPSA) is 111 Å². The largest absolute Gasteiger partial charge is 0.391 e. The Morgan fingerprint density at radius 1 is 1.36 bits per heavy atom. The zero-order valence-electron chi connectivity index (χ0n) is 12.3. The Balaban J connectivity index is 2.44. The number of rotatable bonds is 6. The Hall–Kier alpha value is -2.70. The molecule has 0 bridgehead atoms. The number of nitro groups is 1. The first-order valence-electron chi connectivity index (χ1n) is 7.17. The number of hydrogen-bond acceptors (Lipinski definition) is 5. The number of unbranched alkanes of at least 4 members (excludes halogenated alkanes) is 2. The van der Waals surface area contributed by atoms with Gasteiger partial charge in [-0.1, -0.05) is 31.9 Å². The van der Waals surface area contributed by atoms with Gasteiger partial charge in [-0.3, -0.25) is 4.79 Å². The van der Waals surface area contributed by atoms with E-state index in [-0.39, 0.29) is 11.3 Å². The van der Waals surface area contributed by atoms with E-state index in [1.54, 1.807) is 24.3 Å². The number of pyridine rings is 1. The molecule has 0 aliphatic heterocycles. The second-order valence-electron chi connectivity index (χ2n) is 4.96. The minimum atomic E-state index is -0.671. The van der Waals surface area contributed by atoms with E-state index in [1.165, 1.54) is 0 Å². The van der Waals surface area contributed by atoms with Crippen molar-refractivity contribution in [3.63, 3.8) is 0 Å². The Labute approximate surface area is 127 Å². The van der Waals surface area contributed by atoms with Gasteiger partial charge in [-0.05, 0) is 28.5 Å². The molecule has 7 nitrogen and oxygen atoms in total. The summed E-state index contributed by atoms with van der Waals surface area (Å²) in [6, 6.07) is 6.75. The van der Waals surface area contributed by atoms with E-state index >= 15 is 0 Å². The molecule has 2 aromatic rings. The number of hydrogen-bond donors (Lipinski definition) is 2. The van der Waals surface area contributed by atoms with E-state index in [4.69, 9.17) is 5.73 Å². The molecule has 0 saturated heterocycles. The van der Waals surface area contributed by atoms with Gasteiger partial charge in [0.25, 0.3) is 5.91 Å². The Morgan fingerprint density at radius 2 is 2.09 bits per heavy atom. The van der Waals surface area contributed by atoms with Crippen LogP contribution >= 0.6 is 0 Å². The van der Waals surface area contributed by atoms with Gasteiger partial charge in [0.15, 0.2) is 5.52 Å². The summed E-state index contributed by atoms with van der Waals surface area (Å²) in [7, 11) is 0. The number of nitrogen functional groups attached to an aromatic ring is 1. The Morgan fingerprint density at radius 3 is 2.77 bits per heavy atom. The van der Waals surface area contributed by atoms with Crippen LogP contribution in [-0.2, 0) is 0 Å². The number of benzene rings is 1. The number of nitrogens with one attached hydrogen (secondary N) is 1. The van der Waals surface area contributed by atoms with E-state index in [2.05, 4.69) is 17.2 Å². The second kappa shape index (κ2) is 6.84. The van der Waals surface area contributed by atoms with Crippen molar-refractivity contribution >= 4 is 28.3 Å². The molecule has 0 aliphatic carbocycles. The molecular formula is C15H18N4O3. The van der Waals surface area contributed by atoms with Gasteiger partial charge in [-0.15, -0.1) is 0 Å². The highest BCUT2D eigenvalue weighted by atomic mass is 16.6. The van der Waals surface area contributed by atoms with Crippen molar-refractivity contribution in [2.45, 2.75) is 26.2 Å². The van der Waals surface area contributed by atoms with Crippen LogP contribution in [0.2, 0.25) is 0 Å². The highest BCUT2D eigenvalue weighted by Gasteiger charge is 2.25. The van der Waals surface area contributed by atoms with Gasteiger partial charge in [0.1, 0.15) is 5.69 Å². The molecule has 2 rings (SSSR count). The molecule has 1 aromatic carbocycles. The maximum absolute atomic E-state index is 12.4. The zero-order chi connectivity index (χ0) is 16.1. The fraction of sp³-hybridized carbons (Fsp3) is 0.333. The molecule has 3 N–H and O–H groups in total. The number of nitrogens with zero attached hydrogens (tertiary/aromatic N) is 2. The predicted octanol–water partition coefficient (Wildman–Crippen LogP) is 2.65. The average Bonchev–Trinajstić information content (AvgIpc) is 2.50. The molecule has 0 spiro atoms. The molecule has 0 unspecified atom stereocenters. The Bertz CT molecular complexity index is 715. The van der Waals surface area contributed by atoms with Crippen molar-refractivity contribution in [1.29, 1.82) is 0 Å². The summed E-state index contributed by atoms with van der Waals surface area (Å²) in [5.74, 6) is -0.896. The minimum Gasteiger partial charge on any atom is -0.391 e. The quantitative estimate of drug-likeness (QED) is 0.484. The third-order valence-electron chi connectivity index (χ3n) is 3.38. The molecule has 0 radical (unpaired) electrons. The summed E-state index contributed by atoms with van der Waals surface area (Å²) in [5.41, 5.74) is 6.12. The molecule has 116 valence electrons. The number of para-hydroxylation sites is 1. The number of amides is 1. The fourth-order valence-corrected chi connectivity index (χ4v) is 2.26. The van der Waals surface area contributed by atoms with Gasteiger partial charge in [0, 0.05) is 11.9 Å². The highest BCUT2D eigenvalue weighted by Crippen LogP contribution is 2.30. The van der Waals surface area contributed by atoms with Gasteiger partial charge in [0.05, 0.1) is 5.56 Å². The number of anilines is 1. The van der Waals surface area contributed by atoms with Gasteiger partial charge in [-0.2, -0.15) is 0 Å². The van der Waals surface area contributed by atoms with E-state index in [1.807, 2.05) is 0 Å². The lowest BCUT2D eigenvalue weighted by molar-refractivity contribution is -0.388. The molecule has 1 heterocycles. The Kier molecular flexibility index (Phi) is 4.88. The summed E-state index contributed by atoms with van der Waals surface area (Å²) in [4.78, 5) is 26.7. The van der Waals surface area contributed by atoms with Crippen LogP contribution < -0.4 is 11.1 Å². The van der Waals surface area contributed by atoms with Crippen LogP contribution in [0.5, 0.6) is 0 Å². The standard InChI is InChI=1S/C15H18N4O3/c1-2-3-6-9-17-15(20)12-10-7-4-5-8-11(10)18-14(13(12)16)19(21)22/h4-5,7-8H,2-3,6,9,16H2,1H3,(H,17,20). The van der Waals surface area contributed by atoms with E-state index in [0.29, 0.717) is 17.4 Å². The molecule has 0 saturated carbocycles. The summed E-state index contributed by atoms with van der Waals surface area (Å²) >= 11 is 0. The van der Waals surface area contributed by atoms with Crippen molar-refractivity contribution in [2.24, 2.45) is 0 Å². The number of aromatic nitrogens is 1. The third-order valence-corrected chi connectivity index (χ3v) is 3.38. The predicted molar refractivity (Wildman–Crippen MR) is 84.7 cm³/mol. The maximum atomic E-state index is 12.4. The zero-order valence-corrected chi connectivity index (χ0v) is 12.3. The first-order chi connectivity index (χ1) is 10.6. The van der Waals surface area contributed by atoms with Gasteiger partial charge >= 0.3 is 5.82 Å². The maximum Gasteiger partial charge on any atom is 0.388 e. The van der Waals surface area contributed by atoms with Crippen molar-refractivity contribution < 1.29 is 9.72 Å². The van der Waals surface area contributed by atoms with Crippen LogP contribution in [0, 0.1) is 10.1 Å². The molecule has 7 heteroatoms. The minimum absolute atomic E-state index is 0.119. The molecule has 1 aromatic heterocycles. The smallest absolute Gasteiger partial charge is 0.388 e. The van der Waals surface area contributed by atoms with Crippen LogP contribution in [0.3, 0.4) is 0 Å². The molecule has 0 atom stereocenters. The lowest BCUT2D eigenvalue weighted by atomic mass is 10.1. The number of carbonyl (C=O) groups excluding carboxylic acids is 1. The first kappa shape index (κ1) is 15.7. The van der Waals surface area contributed by atoms with Crippen LogP contribution in [0.25, 0.3) is 10.9 Å². The number of fused-ring (bicyclic) bond motifs is 1. The number of carbonyl (C=O) groups is 1. The normalized spacial score (nSPS) is 10.6. The van der Waals surface area contributed by atoms with Crippen LogP contribution in [0.15, 0.2) is 24.3 Å². The molecular weight excluding hydrogens is 284 g/mol. The van der Waals surface area contributed by atoms with E-state index in [0.717, 1.165) is 19.3 Å². The monoisotopic (exact) mass is 302 g/mol. The van der Waals surface area contributed by atoms with Crippen LogP contribution in [0.4, 0.5) is 11.5 Å². The van der Waals surface area contributed by atoms with Gasteiger partial charge in [0.2, 0.25) is 0 Å². The van der Waals surface area contributed by atoms with Crippen LogP contribution in [-0.4, -0.2) is 22.4 Å². The summed E-state index contributed by atoms with van der Waals surface area (Å²) in [6.45, 7) is 2.58. The first-order valence-corrected chi connectivity index (χ1v) is 7.17. The molecule has 1 amide bonds. The van der Waals surface area contributed by atoms with Gasteiger partial charge in [-0.25, -0.2) is 0 Å². The lowest BCUT2D eigenvalue weighted by Gasteiger charge is -2.09. The molecule has 22 heavy (non-hydrogen) atoms. The van der Waals surface area contributed by atoms with Crippen molar-refractivity contribution in [3.8, 4) is 0 Å². The van der Waals surface area contributed by atoms with Crippen molar-refractivity contribution in [1.82, 2.24) is 10.3 Å². The summed E-state index contributed by atoms with van der Waals surface area (Å²) < 4.78 is 0. The highest BCUT2D eigenvalue weighted by molar-refractivity contribution is 6.11. The third kappa shape index (κ3) is 3.13. The molecule has 0 aliphatic rings. The van der Waals surface area contributed by atoms with Crippen LogP contribution in [0.1, 0.15) is 36.5 Å². The van der Waals surface area contributed by atoms with Gasteiger partial charge < -0.3 is 21.2 Å². The van der Waals surface area contributed by atoms with E-state index in [9.17, 15) is 14.9 Å². The number of nitrogens with two attached hydrogens (primary N) is 1. The average molecular weight is 302 g/mol. The van der Waals surface area contributed by atoms with E-state index < -0.39 is 16.6 Å². The van der Waals surface area contributed by atoms with Crippen molar-refractivity contribution in [3.05, 3.63) is 39.9 Å². The summed E-state index contributed by atoms with van der Waals surface area (Å²) in [5, 5.41) is 14.3. The molecule has 0 fully saturated rings. The van der Waals surface area contributed by atoms with Crippen molar-refractivity contribution in [2.75, 3.05) is 12.3 Å².